The van der Waals surface area contributed by atoms with Crippen LogP contribution < -0.4 is 0 Å². The van der Waals surface area contributed by atoms with E-state index in [0.717, 1.165) is 0 Å². The van der Waals surface area contributed by atoms with Crippen LogP contribution in [0.5, 0.6) is 0 Å². The van der Waals surface area contributed by atoms with Gasteiger partial charge in [0, 0.05) is 19.5 Å². The summed E-state index contributed by atoms with van der Waals surface area (Å²) in [6, 6.07) is 9.31. The maximum Gasteiger partial charge on any atom is 0 e. The molecule has 0 heterocycles. The molecule has 0 bridgehead atoms. The average molecular weight is 298 g/mol. The molecule has 1 aromatic rings. The summed E-state index contributed by atoms with van der Waals surface area (Å²) in [5.74, 6) is 0. The molecule has 2 heteroatoms. The molecule has 1 rings (SSSR count). The molecule has 0 amide bonds. The minimum absolute atomic E-state index is 0. The van der Waals surface area contributed by atoms with Crippen LogP contribution in [0.25, 0.3) is 0 Å². The van der Waals surface area contributed by atoms with Gasteiger partial charge in [-0.1, -0.05) is 13.8 Å². The van der Waals surface area contributed by atoms with Crippen LogP contribution in [0, 0.1) is 19.9 Å². The summed E-state index contributed by atoms with van der Waals surface area (Å²) < 4.78 is 0. The van der Waals surface area contributed by atoms with Gasteiger partial charge in [0.15, 0.2) is 0 Å². The molecule has 10 heavy (non-hydrogen) atoms. The Morgan fingerprint density at radius 1 is 1.10 bits per heavy atom. The number of hydrogen-bond donors (Lipinski definition) is 0. The third kappa shape index (κ3) is 4.40. The number of rotatable bonds is 0. The van der Waals surface area contributed by atoms with Gasteiger partial charge >= 0.3 is 0 Å². The molecular weight excluding hydrogens is 288 g/mol. The Labute approximate surface area is 92.2 Å². The second-order valence-electron chi connectivity index (χ2n) is 2.02. The predicted octanol–water partition coefficient (Wildman–Crippen LogP) is 2.72. The van der Waals surface area contributed by atoms with Gasteiger partial charge in [-0.25, -0.2) is 0 Å². The second-order valence-corrected chi connectivity index (χ2v) is 2.02. The first kappa shape index (κ1) is 13.2. The molecule has 0 nitrogen and oxygen atoms in total. The predicted molar refractivity (Wildman–Crippen MR) is 50.2 cm³/mol. The van der Waals surface area contributed by atoms with E-state index in [2.05, 4.69) is 6.07 Å². The Kier molecular flexibility index (Phi) is 8.30. The molecule has 0 atom stereocenters. The maximum absolute atomic E-state index is 3.17. The summed E-state index contributed by atoms with van der Waals surface area (Å²) in [5.41, 5.74) is 2.43. The SMILES string of the molecule is Cc1[c-]c(C)ccc1.I.[Zn]. The van der Waals surface area contributed by atoms with E-state index in [1.807, 2.05) is 32.0 Å². The molecule has 0 aliphatic rings. The molecule has 1 aromatic carbocycles. The molecular formula is C8H10IZn-. The summed E-state index contributed by atoms with van der Waals surface area (Å²) >= 11 is 0. The van der Waals surface area contributed by atoms with Crippen molar-refractivity contribution in [2.24, 2.45) is 0 Å². The van der Waals surface area contributed by atoms with Crippen molar-refractivity contribution in [3.8, 4) is 0 Å². The molecule has 0 aliphatic carbocycles. The molecule has 0 unspecified atom stereocenters. The molecule has 0 fully saturated rings. The average Bonchev–Trinajstić information content (AvgIpc) is 1.64. The van der Waals surface area contributed by atoms with Crippen LogP contribution in [0.2, 0.25) is 0 Å². The standard InChI is InChI=1S/C8H9.HI.Zn/c1-7-4-3-5-8(2)6-7;;/h3-5H,1-2H3;1H;/q-1;;. The van der Waals surface area contributed by atoms with E-state index < -0.39 is 0 Å². The summed E-state index contributed by atoms with van der Waals surface area (Å²) in [6.45, 7) is 4.10. The van der Waals surface area contributed by atoms with Gasteiger partial charge in [-0.2, -0.15) is 35.4 Å². The number of aryl methyl sites for hydroxylation is 2. The molecule has 52 valence electrons. The Hall–Kier alpha value is 0.573. The van der Waals surface area contributed by atoms with Crippen LogP contribution in [0.4, 0.5) is 0 Å². The van der Waals surface area contributed by atoms with Crippen molar-refractivity contribution in [2.75, 3.05) is 0 Å². The van der Waals surface area contributed by atoms with Crippen LogP contribution in [0.3, 0.4) is 0 Å². The molecule has 0 saturated heterocycles. The maximum atomic E-state index is 3.17. The minimum Gasteiger partial charge on any atom is -0.177 e. The van der Waals surface area contributed by atoms with Crippen molar-refractivity contribution in [1.29, 1.82) is 0 Å². The van der Waals surface area contributed by atoms with Crippen molar-refractivity contribution in [1.82, 2.24) is 0 Å². The largest absolute Gasteiger partial charge is 0.177 e. The summed E-state index contributed by atoms with van der Waals surface area (Å²) in [7, 11) is 0. The van der Waals surface area contributed by atoms with E-state index in [1.165, 1.54) is 11.1 Å². The third-order valence-electron chi connectivity index (χ3n) is 1.09. The zero-order valence-electron chi connectivity index (χ0n) is 6.35. The van der Waals surface area contributed by atoms with Gasteiger partial charge in [-0.15, -0.1) is 24.0 Å². The molecule has 0 saturated carbocycles. The van der Waals surface area contributed by atoms with Gasteiger partial charge in [0.25, 0.3) is 0 Å². The van der Waals surface area contributed by atoms with Crippen molar-refractivity contribution >= 4 is 24.0 Å². The van der Waals surface area contributed by atoms with Crippen LogP contribution in [0.1, 0.15) is 11.1 Å². The monoisotopic (exact) mass is 297 g/mol. The van der Waals surface area contributed by atoms with E-state index in [9.17, 15) is 0 Å². The Morgan fingerprint density at radius 3 is 1.70 bits per heavy atom. The molecule has 0 spiro atoms. The molecule has 0 N–H and O–H groups in total. The van der Waals surface area contributed by atoms with Crippen LogP contribution in [0.15, 0.2) is 18.2 Å². The molecule has 0 aromatic heterocycles. The van der Waals surface area contributed by atoms with Crippen molar-refractivity contribution < 1.29 is 19.5 Å². The van der Waals surface area contributed by atoms with Crippen LogP contribution >= 0.6 is 24.0 Å². The van der Waals surface area contributed by atoms with E-state index in [4.69, 9.17) is 0 Å². The first-order valence-corrected chi connectivity index (χ1v) is 2.74. The van der Waals surface area contributed by atoms with Crippen molar-refractivity contribution in [2.45, 2.75) is 13.8 Å². The fourth-order valence-electron chi connectivity index (χ4n) is 0.731. The van der Waals surface area contributed by atoms with Crippen LogP contribution in [-0.2, 0) is 19.5 Å². The minimum atomic E-state index is 0. The van der Waals surface area contributed by atoms with Gasteiger partial charge in [0.1, 0.15) is 0 Å². The summed E-state index contributed by atoms with van der Waals surface area (Å²) in [6.07, 6.45) is 0. The van der Waals surface area contributed by atoms with Crippen molar-refractivity contribution in [3.05, 3.63) is 35.4 Å². The fraction of sp³-hybridized carbons (Fsp3) is 0.250. The first-order valence-electron chi connectivity index (χ1n) is 2.74. The Bertz CT molecular complexity index is 169. The Balaban J connectivity index is 0. The van der Waals surface area contributed by atoms with Gasteiger partial charge in [-0.05, 0) is 0 Å². The number of benzene rings is 1. The molecule has 0 aliphatic heterocycles. The number of hydrogen-bond acceptors (Lipinski definition) is 0. The normalized spacial score (nSPS) is 7.40. The summed E-state index contributed by atoms with van der Waals surface area (Å²) in [4.78, 5) is 0. The van der Waals surface area contributed by atoms with Crippen molar-refractivity contribution in [3.63, 3.8) is 0 Å². The van der Waals surface area contributed by atoms with Gasteiger partial charge in [-0.3, -0.25) is 0 Å². The van der Waals surface area contributed by atoms with E-state index >= 15 is 0 Å². The smallest absolute Gasteiger partial charge is 0 e. The number of halogens is 1. The zero-order chi connectivity index (χ0) is 5.98. The van der Waals surface area contributed by atoms with Crippen LogP contribution in [-0.4, -0.2) is 0 Å². The second kappa shape index (κ2) is 6.29. The van der Waals surface area contributed by atoms with Gasteiger partial charge < -0.3 is 0 Å². The quantitative estimate of drug-likeness (QED) is 0.392. The summed E-state index contributed by atoms with van der Waals surface area (Å²) in [5, 5.41) is 0. The third-order valence-corrected chi connectivity index (χ3v) is 1.09. The molecule has 0 radical (unpaired) electrons. The van der Waals surface area contributed by atoms with E-state index in [-0.39, 0.29) is 43.5 Å². The Morgan fingerprint density at radius 2 is 1.50 bits per heavy atom. The topological polar surface area (TPSA) is 0 Å². The van der Waals surface area contributed by atoms with Gasteiger partial charge in [0.05, 0.1) is 0 Å². The van der Waals surface area contributed by atoms with Gasteiger partial charge in [0.2, 0.25) is 0 Å². The zero-order valence-corrected chi connectivity index (χ0v) is 11.6. The van der Waals surface area contributed by atoms with E-state index in [0.29, 0.717) is 0 Å². The van der Waals surface area contributed by atoms with E-state index in [1.54, 1.807) is 0 Å². The fourth-order valence-corrected chi connectivity index (χ4v) is 0.731. The first-order chi connectivity index (χ1) is 3.79.